The zero-order chi connectivity index (χ0) is 12.3. The van der Waals surface area contributed by atoms with Crippen LogP contribution in [-0.4, -0.2) is 24.1 Å². The molecule has 0 aromatic heterocycles. The van der Waals surface area contributed by atoms with Gasteiger partial charge in [0.05, 0.1) is 6.42 Å². The summed E-state index contributed by atoms with van der Waals surface area (Å²) in [6.45, 7) is 1.73. The first-order chi connectivity index (χ1) is 8.16. The summed E-state index contributed by atoms with van der Waals surface area (Å²) >= 11 is 0. The maximum atomic E-state index is 11.4. The number of rotatable bonds is 4. The lowest BCUT2D eigenvalue weighted by molar-refractivity contribution is -0.188. The van der Waals surface area contributed by atoms with Crippen LogP contribution in [0.25, 0.3) is 0 Å². The molecule has 90 valence electrons. The predicted octanol–water partition coefficient (Wildman–Crippen LogP) is 0.591. The van der Waals surface area contributed by atoms with Gasteiger partial charge in [-0.3, -0.25) is 9.59 Å². The summed E-state index contributed by atoms with van der Waals surface area (Å²) in [5.74, 6) is -0.826. The van der Waals surface area contributed by atoms with E-state index in [1.54, 1.807) is 6.92 Å². The van der Waals surface area contributed by atoms with Gasteiger partial charge in [-0.25, -0.2) is 0 Å². The number of hydrogen-bond donors (Lipinski definition) is 1. The largest absolute Gasteiger partial charge is 0.459 e. The highest BCUT2D eigenvalue weighted by Crippen LogP contribution is 2.13. The lowest BCUT2D eigenvalue weighted by atomic mass is 10.1. The molecule has 0 radical (unpaired) electrons. The van der Waals surface area contributed by atoms with Crippen molar-refractivity contribution in [3.8, 4) is 0 Å². The zero-order valence-electron chi connectivity index (χ0n) is 9.38. The van der Waals surface area contributed by atoms with Crippen molar-refractivity contribution in [3.05, 3.63) is 35.9 Å². The van der Waals surface area contributed by atoms with E-state index >= 15 is 0 Å². The highest BCUT2D eigenvalue weighted by atomic mass is 16.7. The van der Waals surface area contributed by atoms with Gasteiger partial charge in [-0.05, 0) is 12.5 Å². The van der Waals surface area contributed by atoms with Gasteiger partial charge in [0.25, 0.3) is 0 Å². The summed E-state index contributed by atoms with van der Waals surface area (Å²) < 4.78 is 4.71. The minimum absolute atomic E-state index is 0.171. The average molecular weight is 235 g/mol. The van der Waals surface area contributed by atoms with E-state index in [9.17, 15) is 9.59 Å². The molecule has 0 bridgehead atoms. The van der Waals surface area contributed by atoms with Crippen LogP contribution in [0.4, 0.5) is 0 Å². The molecule has 0 aliphatic carbocycles. The maximum Gasteiger partial charge on any atom is 0.330 e. The Kier molecular flexibility index (Phi) is 3.39. The Hall–Kier alpha value is -1.88. The molecule has 5 heteroatoms. The number of carbonyl (C=O) groups is 2. The normalized spacial score (nSPS) is 22.5. The molecule has 1 saturated heterocycles. The topological polar surface area (TPSA) is 64.6 Å². The maximum absolute atomic E-state index is 11.4. The third-order valence-electron chi connectivity index (χ3n) is 2.52. The van der Waals surface area contributed by atoms with Gasteiger partial charge >= 0.3 is 11.9 Å². The number of carbonyl (C=O) groups excluding carboxylic acids is 2. The lowest BCUT2D eigenvalue weighted by Gasteiger charge is -2.31. The fourth-order valence-corrected chi connectivity index (χ4v) is 1.52. The SMILES string of the molecule is C[C@H]1OC(=O)[C@@H]1NOC(=O)Cc1ccccc1. The molecular weight excluding hydrogens is 222 g/mol. The Morgan fingerprint density at radius 2 is 2.12 bits per heavy atom. The first-order valence-corrected chi connectivity index (χ1v) is 5.36. The second-order valence-electron chi connectivity index (χ2n) is 3.87. The summed E-state index contributed by atoms with van der Waals surface area (Å²) in [4.78, 5) is 27.2. The first kappa shape index (κ1) is 11.6. The smallest absolute Gasteiger partial charge is 0.330 e. The number of benzene rings is 1. The summed E-state index contributed by atoms with van der Waals surface area (Å²) in [6.07, 6.45) is -0.0868. The van der Waals surface area contributed by atoms with Crippen LogP contribution in [0.15, 0.2) is 30.3 Å². The molecule has 17 heavy (non-hydrogen) atoms. The number of cyclic esters (lactones) is 1. The molecule has 1 N–H and O–H groups in total. The van der Waals surface area contributed by atoms with E-state index in [2.05, 4.69) is 5.48 Å². The Balaban J connectivity index is 1.77. The molecule has 2 rings (SSSR count). The number of nitrogens with one attached hydrogen (secondary N) is 1. The summed E-state index contributed by atoms with van der Waals surface area (Å²) in [7, 11) is 0. The van der Waals surface area contributed by atoms with Crippen molar-refractivity contribution in [2.75, 3.05) is 0 Å². The summed E-state index contributed by atoms with van der Waals surface area (Å²) in [5.41, 5.74) is 3.28. The van der Waals surface area contributed by atoms with Crippen LogP contribution in [0, 0.1) is 0 Å². The van der Waals surface area contributed by atoms with E-state index in [-0.39, 0.29) is 12.5 Å². The fourth-order valence-electron chi connectivity index (χ4n) is 1.52. The van der Waals surface area contributed by atoms with E-state index in [1.807, 2.05) is 30.3 Å². The van der Waals surface area contributed by atoms with E-state index in [0.717, 1.165) is 5.56 Å². The van der Waals surface area contributed by atoms with Crippen molar-refractivity contribution >= 4 is 11.9 Å². The van der Waals surface area contributed by atoms with Gasteiger partial charge in [-0.15, -0.1) is 5.48 Å². The fraction of sp³-hybridized carbons (Fsp3) is 0.333. The van der Waals surface area contributed by atoms with Gasteiger partial charge in [-0.2, -0.15) is 0 Å². The van der Waals surface area contributed by atoms with Crippen LogP contribution in [0.5, 0.6) is 0 Å². The quantitative estimate of drug-likeness (QED) is 0.611. The molecule has 0 saturated carbocycles. The zero-order valence-corrected chi connectivity index (χ0v) is 9.38. The Morgan fingerprint density at radius 3 is 2.71 bits per heavy atom. The molecule has 0 spiro atoms. The lowest BCUT2D eigenvalue weighted by Crippen LogP contribution is -2.57. The minimum Gasteiger partial charge on any atom is -0.459 e. The number of hydroxylamine groups is 1. The van der Waals surface area contributed by atoms with Gasteiger partial charge in [0, 0.05) is 0 Å². The number of esters is 1. The highest BCUT2D eigenvalue weighted by molar-refractivity contribution is 5.82. The van der Waals surface area contributed by atoms with Crippen molar-refractivity contribution in [2.45, 2.75) is 25.5 Å². The predicted molar refractivity (Wildman–Crippen MR) is 58.7 cm³/mol. The Morgan fingerprint density at radius 1 is 1.41 bits per heavy atom. The average Bonchev–Trinajstić information content (AvgIpc) is 2.30. The standard InChI is InChI=1S/C12H13NO4/c1-8-11(12(15)16-8)13-17-10(14)7-9-5-3-2-4-6-9/h2-6,8,11,13H,7H2,1H3/t8-,11-/m1/s1. The van der Waals surface area contributed by atoms with Crippen molar-refractivity contribution < 1.29 is 19.2 Å². The molecular formula is C12H13NO4. The summed E-state index contributed by atoms with van der Waals surface area (Å²) in [5, 5.41) is 0. The van der Waals surface area contributed by atoms with E-state index in [4.69, 9.17) is 9.57 Å². The molecule has 0 amide bonds. The highest BCUT2D eigenvalue weighted by Gasteiger charge is 2.40. The molecule has 1 aromatic rings. The molecule has 1 fully saturated rings. The van der Waals surface area contributed by atoms with E-state index in [1.165, 1.54) is 0 Å². The van der Waals surface area contributed by atoms with Crippen molar-refractivity contribution in [1.82, 2.24) is 5.48 Å². The van der Waals surface area contributed by atoms with Gasteiger partial charge in [0.1, 0.15) is 6.10 Å². The first-order valence-electron chi connectivity index (χ1n) is 5.36. The van der Waals surface area contributed by atoms with Gasteiger partial charge in [0.15, 0.2) is 6.04 Å². The Labute approximate surface area is 98.7 Å². The van der Waals surface area contributed by atoms with Crippen LogP contribution in [0.2, 0.25) is 0 Å². The molecule has 1 aliphatic heterocycles. The molecule has 1 aromatic carbocycles. The monoisotopic (exact) mass is 235 g/mol. The van der Waals surface area contributed by atoms with Crippen molar-refractivity contribution in [2.24, 2.45) is 0 Å². The Bertz CT molecular complexity index is 418. The second-order valence-corrected chi connectivity index (χ2v) is 3.87. The second kappa shape index (κ2) is 4.97. The number of hydrogen-bond acceptors (Lipinski definition) is 5. The van der Waals surface area contributed by atoms with Gasteiger partial charge in [-0.1, -0.05) is 30.3 Å². The van der Waals surface area contributed by atoms with E-state index in [0.29, 0.717) is 0 Å². The summed E-state index contributed by atoms with van der Waals surface area (Å²) in [6, 6.07) is 8.69. The minimum atomic E-state index is -0.547. The molecule has 1 aliphatic rings. The van der Waals surface area contributed by atoms with Crippen LogP contribution < -0.4 is 5.48 Å². The van der Waals surface area contributed by atoms with Crippen LogP contribution >= 0.6 is 0 Å². The van der Waals surface area contributed by atoms with Gasteiger partial charge < -0.3 is 9.57 Å². The third kappa shape index (κ3) is 2.82. The van der Waals surface area contributed by atoms with Crippen molar-refractivity contribution in [1.29, 1.82) is 0 Å². The molecule has 5 nitrogen and oxygen atoms in total. The van der Waals surface area contributed by atoms with Crippen LogP contribution in [0.3, 0.4) is 0 Å². The van der Waals surface area contributed by atoms with Gasteiger partial charge in [0.2, 0.25) is 0 Å². The van der Waals surface area contributed by atoms with E-state index < -0.39 is 18.0 Å². The third-order valence-corrected chi connectivity index (χ3v) is 2.52. The molecule has 2 atom stereocenters. The van der Waals surface area contributed by atoms with Crippen LogP contribution in [-0.2, 0) is 25.6 Å². The molecule has 1 heterocycles. The van der Waals surface area contributed by atoms with Crippen molar-refractivity contribution in [3.63, 3.8) is 0 Å². The number of ether oxygens (including phenoxy) is 1. The molecule has 0 unspecified atom stereocenters. The van der Waals surface area contributed by atoms with Crippen LogP contribution in [0.1, 0.15) is 12.5 Å².